The van der Waals surface area contributed by atoms with Crippen molar-refractivity contribution in [2.45, 2.75) is 0 Å². The molecule has 210 valence electrons. The van der Waals surface area contributed by atoms with E-state index in [4.69, 9.17) is 4.98 Å². The molecule has 0 aliphatic rings. The predicted octanol–water partition coefficient (Wildman–Crippen LogP) is 10.2. The van der Waals surface area contributed by atoms with Crippen LogP contribution in [-0.4, -0.2) is 14.1 Å². The van der Waals surface area contributed by atoms with E-state index in [1.165, 1.54) is 41.7 Å². The second-order valence-electron chi connectivity index (χ2n) is 11.5. The van der Waals surface area contributed by atoms with Crippen LogP contribution in [0.3, 0.4) is 0 Å². The Hall–Kier alpha value is -5.78. The zero-order chi connectivity index (χ0) is 29.6. The molecule has 0 atom stereocenters. The minimum Gasteiger partial charge on any atom is -0.292 e. The second kappa shape index (κ2) is 9.11. The first-order chi connectivity index (χ1) is 22.3. The summed E-state index contributed by atoms with van der Waals surface area (Å²) in [6.07, 6.45) is 0. The smallest absolute Gasteiger partial charge is 0.265 e. The molecule has 0 N–H and O–H groups in total. The lowest BCUT2D eigenvalue weighted by Gasteiger charge is -2.14. The van der Waals surface area contributed by atoms with E-state index in [1.807, 2.05) is 72.0 Å². The molecule has 6 aromatic carbocycles. The molecular weight excluding hydrogens is 571 g/mol. The van der Waals surface area contributed by atoms with Crippen LogP contribution in [0.4, 0.5) is 0 Å². The van der Waals surface area contributed by atoms with Crippen LogP contribution < -0.4 is 5.56 Å². The zero-order valence-electron chi connectivity index (χ0n) is 23.9. The average Bonchev–Trinajstić information content (AvgIpc) is 3.66. The second-order valence-corrected chi connectivity index (χ2v) is 12.5. The van der Waals surface area contributed by atoms with E-state index >= 15 is 0 Å². The summed E-state index contributed by atoms with van der Waals surface area (Å²) < 4.78 is 6.62. The SMILES string of the molecule is O=c1c2ccc(-n3c4ccccc4c4c5ccccc5c5c6ccccc6sc5c43)nc2c2ccccc2n1-c1ccccc1. The number of aromatic nitrogens is 3. The van der Waals surface area contributed by atoms with E-state index in [1.54, 1.807) is 4.57 Å². The minimum absolute atomic E-state index is 0.0749. The van der Waals surface area contributed by atoms with Gasteiger partial charge < -0.3 is 0 Å². The summed E-state index contributed by atoms with van der Waals surface area (Å²) in [5.74, 6) is 0.796. The third-order valence-corrected chi connectivity index (χ3v) is 10.3. The third-order valence-electron chi connectivity index (χ3n) is 9.11. The van der Waals surface area contributed by atoms with E-state index in [9.17, 15) is 4.79 Å². The van der Waals surface area contributed by atoms with Crippen molar-refractivity contribution < 1.29 is 0 Å². The quantitative estimate of drug-likeness (QED) is 0.187. The van der Waals surface area contributed by atoms with Gasteiger partial charge in [0.2, 0.25) is 0 Å². The molecule has 0 aliphatic heterocycles. The molecule has 0 aliphatic carbocycles. The highest BCUT2D eigenvalue weighted by molar-refractivity contribution is 7.27. The van der Waals surface area contributed by atoms with Gasteiger partial charge in [0.25, 0.3) is 5.56 Å². The van der Waals surface area contributed by atoms with Crippen LogP contribution in [0.5, 0.6) is 0 Å². The normalized spacial score (nSPS) is 12.1. The van der Waals surface area contributed by atoms with Gasteiger partial charge in [-0.1, -0.05) is 97.1 Å². The van der Waals surface area contributed by atoms with Gasteiger partial charge in [-0.3, -0.25) is 13.9 Å². The minimum atomic E-state index is -0.0749. The third kappa shape index (κ3) is 3.30. The monoisotopic (exact) mass is 593 g/mol. The van der Waals surface area contributed by atoms with Gasteiger partial charge in [0, 0.05) is 37.3 Å². The fourth-order valence-electron chi connectivity index (χ4n) is 7.25. The van der Waals surface area contributed by atoms with E-state index in [0.29, 0.717) is 10.9 Å². The fraction of sp³-hybridized carbons (Fsp3) is 0. The van der Waals surface area contributed by atoms with E-state index in [-0.39, 0.29) is 5.56 Å². The Morgan fingerprint density at radius 2 is 1.09 bits per heavy atom. The molecule has 0 fully saturated rings. The van der Waals surface area contributed by atoms with E-state index < -0.39 is 0 Å². The Bertz CT molecular complexity index is 2900. The summed E-state index contributed by atoms with van der Waals surface area (Å²) in [5, 5.41) is 9.00. The first kappa shape index (κ1) is 24.6. The van der Waals surface area contributed by atoms with Crippen LogP contribution in [0.1, 0.15) is 0 Å². The van der Waals surface area contributed by atoms with Gasteiger partial charge in [-0.2, -0.15) is 0 Å². The molecule has 0 unspecified atom stereocenters. The highest BCUT2D eigenvalue weighted by atomic mass is 32.1. The lowest BCUT2D eigenvalue weighted by molar-refractivity contribution is 1.05. The van der Waals surface area contributed by atoms with Gasteiger partial charge in [-0.25, -0.2) is 4.98 Å². The summed E-state index contributed by atoms with van der Waals surface area (Å²) in [6.45, 7) is 0. The summed E-state index contributed by atoms with van der Waals surface area (Å²) in [7, 11) is 0. The van der Waals surface area contributed by atoms with Crippen molar-refractivity contribution >= 4 is 85.9 Å². The van der Waals surface area contributed by atoms with Gasteiger partial charge in [0.15, 0.2) is 0 Å². The van der Waals surface area contributed by atoms with Crippen molar-refractivity contribution in [1.29, 1.82) is 0 Å². The van der Waals surface area contributed by atoms with Crippen LogP contribution in [0.15, 0.2) is 144 Å². The molecule has 0 saturated carbocycles. The first-order valence-corrected chi connectivity index (χ1v) is 15.8. The van der Waals surface area contributed by atoms with Crippen molar-refractivity contribution in [2.24, 2.45) is 0 Å². The molecular formula is C40H23N3OS. The van der Waals surface area contributed by atoms with Gasteiger partial charge in [0.05, 0.1) is 32.2 Å². The standard InChI is InChI=1S/C40H23N3OS/c44-40-30-22-23-34(41-37(30)28-17-7-10-20-32(28)42(40)24-12-2-1-3-13-24)43-31-19-9-6-16-27(31)35-25-14-4-5-15-26(25)36-29-18-8-11-21-33(29)45-39(36)38(35)43/h1-23H. The molecule has 10 aromatic rings. The highest BCUT2D eigenvalue weighted by Crippen LogP contribution is 2.47. The van der Waals surface area contributed by atoms with Crippen LogP contribution >= 0.6 is 11.3 Å². The lowest BCUT2D eigenvalue weighted by atomic mass is 9.99. The maximum atomic E-state index is 14.1. The molecule has 0 amide bonds. The Morgan fingerprint density at radius 3 is 1.87 bits per heavy atom. The molecule has 10 rings (SSSR count). The van der Waals surface area contributed by atoms with Gasteiger partial charge in [-0.05, 0) is 53.2 Å². The summed E-state index contributed by atoms with van der Waals surface area (Å²) >= 11 is 1.84. The van der Waals surface area contributed by atoms with E-state index in [2.05, 4.69) is 83.4 Å². The molecule has 45 heavy (non-hydrogen) atoms. The largest absolute Gasteiger partial charge is 0.292 e. The van der Waals surface area contributed by atoms with Crippen molar-refractivity contribution in [3.63, 3.8) is 0 Å². The maximum absolute atomic E-state index is 14.1. The number of rotatable bonds is 2. The number of para-hydroxylation sites is 3. The van der Waals surface area contributed by atoms with Crippen molar-refractivity contribution in [2.75, 3.05) is 0 Å². The van der Waals surface area contributed by atoms with Crippen molar-refractivity contribution in [3.8, 4) is 11.5 Å². The number of benzene rings is 6. The number of nitrogens with zero attached hydrogens (tertiary/aromatic N) is 3. The molecule has 0 radical (unpaired) electrons. The molecule has 0 bridgehead atoms. The van der Waals surface area contributed by atoms with Gasteiger partial charge in [0.1, 0.15) is 5.82 Å². The molecule has 0 spiro atoms. The summed E-state index contributed by atoms with van der Waals surface area (Å²) in [6, 6.07) is 47.9. The van der Waals surface area contributed by atoms with Crippen LogP contribution in [0, 0.1) is 0 Å². The summed E-state index contributed by atoms with van der Waals surface area (Å²) in [4.78, 5) is 19.4. The Morgan fingerprint density at radius 1 is 0.489 bits per heavy atom. The van der Waals surface area contributed by atoms with E-state index in [0.717, 1.165) is 33.4 Å². The molecule has 4 aromatic heterocycles. The lowest BCUT2D eigenvalue weighted by Crippen LogP contribution is -2.19. The molecule has 0 saturated heterocycles. The number of fused-ring (bicyclic) bond motifs is 13. The molecule has 4 nitrogen and oxygen atoms in total. The van der Waals surface area contributed by atoms with Gasteiger partial charge in [-0.15, -0.1) is 11.3 Å². The first-order valence-electron chi connectivity index (χ1n) is 15.0. The van der Waals surface area contributed by atoms with Crippen LogP contribution in [-0.2, 0) is 0 Å². The molecule has 5 heteroatoms. The topological polar surface area (TPSA) is 39.8 Å². The van der Waals surface area contributed by atoms with Crippen molar-refractivity contribution in [3.05, 3.63) is 150 Å². The van der Waals surface area contributed by atoms with Crippen LogP contribution in [0.25, 0.3) is 86.1 Å². The number of thiophene rings is 1. The number of pyridine rings is 2. The highest BCUT2D eigenvalue weighted by Gasteiger charge is 2.23. The van der Waals surface area contributed by atoms with Crippen LogP contribution in [0.2, 0.25) is 0 Å². The predicted molar refractivity (Wildman–Crippen MR) is 190 cm³/mol. The Labute approximate surface area is 260 Å². The zero-order valence-corrected chi connectivity index (χ0v) is 24.8. The number of hydrogen-bond donors (Lipinski definition) is 0. The molecule has 4 heterocycles. The fourth-order valence-corrected chi connectivity index (χ4v) is 8.51. The average molecular weight is 594 g/mol. The maximum Gasteiger partial charge on any atom is 0.265 e. The Kier molecular flexibility index (Phi) is 4.99. The number of hydrogen-bond acceptors (Lipinski definition) is 3. The van der Waals surface area contributed by atoms with Crippen molar-refractivity contribution in [1.82, 2.24) is 14.1 Å². The van der Waals surface area contributed by atoms with Gasteiger partial charge >= 0.3 is 0 Å². The summed E-state index contributed by atoms with van der Waals surface area (Å²) in [5.41, 5.74) is 4.56. The Balaban J connectivity index is 1.39.